The second-order valence-corrected chi connectivity index (χ2v) is 5.46. The molecular formula is C16H21NO4. The zero-order chi connectivity index (χ0) is 15.2. The first-order valence-corrected chi connectivity index (χ1v) is 7.31. The smallest absolute Gasteiger partial charge is 0.335 e. The Balaban J connectivity index is 1.97. The van der Waals surface area contributed by atoms with Crippen LogP contribution < -0.4 is 10.1 Å². The molecule has 1 aliphatic carbocycles. The Kier molecular flexibility index (Phi) is 5.20. The number of carboxylic acids is 1. The number of carbonyl (C=O) groups excluding carboxylic acids is 1. The summed E-state index contributed by atoms with van der Waals surface area (Å²) < 4.78 is 5.15. The second kappa shape index (κ2) is 7.11. The third kappa shape index (κ3) is 4.21. The van der Waals surface area contributed by atoms with E-state index in [4.69, 9.17) is 9.84 Å². The van der Waals surface area contributed by atoms with Gasteiger partial charge < -0.3 is 15.2 Å². The van der Waals surface area contributed by atoms with E-state index in [2.05, 4.69) is 5.32 Å². The maximum absolute atomic E-state index is 12.0. The Hall–Kier alpha value is -2.04. The van der Waals surface area contributed by atoms with Crippen LogP contribution in [0.1, 0.15) is 48.9 Å². The fourth-order valence-corrected chi connectivity index (χ4v) is 2.79. The van der Waals surface area contributed by atoms with E-state index in [0.717, 1.165) is 6.42 Å². The highest BCUT2D eigenvalue weighted by molar-refractivity contribution is 5.95. The molecule has 5 heteroatoms. The number of hydrogen-bond acceptors (Lipinski definition) is 3. The van der Waals surface area contributed by atoms with Gasteiger partial charge in [0.2, 0.25) is 5.91 Å². The van der Waals surface area contributed by atoms with Gasteiger partial charge in [-0.3, -0.25) is 4.79 Å². The van der Waals surface area contributed by atoms with E-state index in [-0.39, 0.29) is 11.5 Å². The summed E-state index contributed by atoms with van der Waals surface area (Å²) in [7, 11) is 1.49. The summed E-state index contributed by atoms with van der Waals surface area (Å²) in [5, 5.41) is 11.8. The van der Waals surface area contributed by atoms with Crippen LogP contribution in [0.5, 0.6) is 5.75 Å². The SMILES string of the molecule is COc1ccc(C(=O)O)cc1NC(=O)CCC1CCCC1. The molecule has 5 nitrogen and oxygen atoms in total. The maximum atomic E-state index is 12.0. The highest BCUT2D eigenvalue weighted by atomic mass is 16.5. The monoisotopic (exact) mass is 291 g/mol. The van der Waals surface area contributed by atoms with Gasteiger partial charge >= 0.3 is 5.97 Å². The van der Waals surface area contributed by atoms with Crippen molar-refractivity contribution in [3.05, 3.63) is 23.8 Å². The summed E-state index contributed by atoms with van der Waals surface area (Å²) in [6.07, 6.45) is 6.32. The summed E-state index contributed by atoms with van der Waals surface area (Å²) in [5.41, 5.74) is 0.538. The number of carbonyl (C=O) groups is 2. The highest BCUT2D eigenvalue weighted by Crippen LogP contribution is 2.29. The maximum Gasteiger partial charge on any atom is 0.335 e. The number of aromatic carboxylic acids is 1. The van der Waals surface area contributed by atoms with E-state index in [1.807, 2.05) is 0 Å². The Morgan fingerprint density at radius 1 is 1.33 bits per heavy atom. The summed E-state index contributed by atoms with van der Waals surface area (Å²) in [5.74, 6) is -0.000868. The Morgan fingerprint density at radius 3 is 2.67 bits per heavy atom. The molecule has 0 spiro atoms. The lowest BCUT2D eigenvalue weighted by Crippen LogP contribution is -2.14. The van der Waals surface area contributed by atoms with Gasteiger partial charge in [0.15, 0.2) is 0 Å². The van der Waals surface area contributed by atoms with Crippen molar-refractivity contribution in [2.45, 2.75) is 38.5 Å². The second-order valence-electron chi connectivity index (χ2n) is 5.46. The van der Waals surface area contributed by atoms with Crippen LogP contribution in [0.4, 0.5) is 5.69 Å². The number of carboxylic acid groups (broad SMARTS) is 1. The van der Waals surface area contributed by atoms with Crippen molar-refractivity contribution < 1.29 is 19.4 Å². The molecule has 114 valence electrons. The average Bonchev–Trinajstić information content (AvgIpc) is 2.98. The van der Waals surface area contributed by atoms with Crippen LogP contribution in [0.3, 0.4) is 0 Å². The van der Waals surface area contributed by atoms with Gasteiger partial charge in [0, 0.05) is 6.42 Å². The normalized spacial score (nSPS) is 14.9. The third-order valence-corrected chi connectivity index (χ3v) is 3.97. The molecule has 0 radical (unpaired) electrons. The quantitative estimate of drug-likeness (QED) is 0.843. The zero-order valence-corrected chi connectivity index (χ0v) is 12.2. The molecule has 2 rings (SSSR count). The van der Waals surface area contributed by atoms with Gasteiger partial charge in [-0.05, 0) is 30.5 Å². The van der Waals surface area contributed by atoms with Gasteiger partial charge in [-0.2, -0.15) is 0 Å². The molecule has 1 fully saturated rings. The number of anilines is 1. The standard InChI is InChI=1S/C16H21NO4/c1-21-14-8-7-12(16(19)20)10-13(14)17-15(18)9-6-11-4-2-3-5-11/h7-8,10-11H,2-6,9H2,1H3,(H,17,18)(H,19,20). The lowest BCUT2D eigenvalue weighted by molar-refractivity contribution is -0.116. The largest absolute Gasteiger partial charge is 0.495 e. The van der Waals surface area contributed by atoms with Crippen LogP contribution in [-0.2, 0) is 4.79 Å². The molecule has 1 saturated carbocycles. The molecule has 1 aromatic carbocycles. The van der Waals surface area contributed by atoms with Gasteiger partial charge in [0.25, 0.3) is 0 Å². The summed E-state index contributed by atoms with van der Waals surface area (Å²) in [6.45, 7) is 0. The number of nitrogens with one attached hydrogen (secondary N) is 1. The molecule has 1 aliphatic rings. The third-order valence-electron chi connectivity index (χ3n) is 3.97. The van der Waals surface area contributed by atoms with E-state index >= 15 is 0 Å². The molecule has 0 unspecified atom stereocenters. The minimum Gasteiger partial charge on any atom is -0.495 e. The van der Waals surface area contributed by atoms with Gasteiger partial charge in [0.05, 0.1) is 18.4 Å². The minimum absolute atomic E-state index is 0.0947. The lowest BCUT2D eigenvalue weighted by Gasteiger charge is -2.12. The molecule has 0 heterocycles. The average molecular weight is 291 g/mol. The van der Waals surface area contributed by atoms with Gasteiger partial charge in [0.1, 0.15) is 5.75 Å². The van der Waals surface area contributed by atoms with Crippen molar-refractivity contribution in [1.82, 2.24) is 0 Å². The summed E-state index contributed by atoms with van der Waals surface area (Å²) in [4.78, 5) is 23.0. The van der Waals surface area contributed by atoms with E-state index in [1.54, 1.807) is 6.07 Å². The molecule has 1 aromatic rings. The zero-order valence-electron chi connectivity index (χ0n) is 12.2. The predicted octanol–water partition coefficient (Wildman–Crippen LogP) is 3.30. The molecule has 0 bridgehead atoms. The van der Waals surface area contributed by atoms with Crippen LogP contribution in [0.15, 0.2) is 18.2 Å². The number of amides is 1. The first-order valence-electron chi connectivity index (χ1n) is 7.31. The molecular weight excluding hydrogens is 270 g/mol. The Labute approximate surface area is 124 Å². The number of hydrogen-bond donors (Lipinski definition) is 2. The first-order chi connectivity index (χ1) is 10.1. The molecule has 0 aliphatic heterocycles. The topological polar surface area (TPSA) is 75.6 Å². The highest BCUT2D eigenvalue weighted by Gasteiger charge is 2.17. The van der Waals surface area contributed by atoms with E-state index < -0.39 is 5.97 Å². The van der Waals surface area contributed by atoms with Crippen LogP contribution in [0.25, 0.3) is 0 Å². The van der Waals surface area contributed by atoms with Crippen molar-refractivity contribution in [2.24, 2.45) is 5.92 Å². The Morgan fingerprint density at radius 2 is 2.05 bits per heavy atom. The fraction of sp³-hybridized carbons (Fsp3) is 0.500. The fourth-order valence-electron chi connectivity index (χ4n) is 2.79. The van der Waals surface area contributed by atoms with Gasteiger partial charge in [-0.25, -0.2) is 4.79 Å². The van der Waals surface area contributed by atoms with Crippen molar-refractivity contribution >= 4 is 17.6 Å². The number of ether oxygens (including phenoxy) is 1. The number of rotatable bonds is 6. The molecule has 2 N–H and O–H groups in total. The van der Waals surface area contributed by atoms with Crippen LogP contribution in [-0.4, -0.2) is 24.1 Å². The van der Waals surface area contributed by atoms with Gasteiger partial charge in [-0.15, -0.1) is 0 Å². The number of benzene rings is 1. The summed E-state index contributed by atoms with van der Waals surface area (Å²) >= 11 is 0. The van der Waals surface area contributed by atoms with Crippen molar-refractivity contribution in [2.75, 3.05) is 12.4 Å². The van der Waals surface area contributed by atoms with Crippen molar-refractivity contribution in [3.8, 4) is 5.75 Å². The van der Waals surface area contributed by atoms with Gasteiger partial charge in [-0.1, -0.05) is 25.7 Å². The molecule has 0 saturated heterocycles. The van der Waals surface area contributed by atoms with Crippen LogP contribution in [0, 0.1) is 5.92 Å². The number of methoxy groups -OCH3 is 1. The molecule has 21 heavy (non-hydrogen) atoms. The van der Waals surface area contributed by atoms with E-state index in [1.165, 1.54) is 44.9 Å². The molecule has 1 amide bonds. The summed E-state index contributed by atoms with van der Waals surface area (Å²) in [6, 6.07) is 4.43. The minimum atomic E-state index is -1.03. The molecule has 0 aromatic heterocycles. The first kappa shape index (κ1) is 15.4. The van der Waals surface area contributed by atoms with E-state index in [0.29, 0.717) is 23.8 Å². The lowest BCUT2D eigenvalue weighted by atomic mass is 10.0. The Bertz CT molecular complexity index is 521. The van der Waals surface area contributed by atoms with E-state index in [9.17, 15) is 9.59 Å². The predicted molar refractivity (Wildman–Crippen MR) is 79.8 cm³/mol. The molecule has 0 atom stereocenters. The van der Waals surface area contributed by atoms with Crippen LogP contribution >= 0.6 is 0 Å². The van der Waals surface area contributed by atoms with Crippen LogP contribution in [0.2, 0.25) is 0 Å². The van der Waals surface area contributed by atoms with Crippen molar-refractivity contribution in [1.29, 1.82) is 0 Å². The van der Waals surface area contributed by atoms with Crippen molar-refractivity contribution in [3.63, 3.8) is 0 Å².